The molecule has 0 saturated carbocycles. The molecule has 0 N–H and O–H groups in total. The van der Waals surface area contributed by atoms with Gasteiger partial charge in [0.1, 0.15) is 13.2 Å². The minimum atomic E-state index is -5.31. The molecule has 1 aromatic rings. The van der Waals surface area contributed by atoms with E-state index in [0.29, 0.717) is 18.2 Å². The van der Waals surface area contributed by atoms with Crippen LogP contribution in [0.4, 0.5) is 30.5 Å². The third-order valence-electron chi connectivity index (χ3n) is 2.08. The molecule has 20 heavy (non-hydrogen) atoms. The van der Waals surface area contributed by atoms with Gasteiger partial charge in [-0.25, -0.2) is 4.39 Å². The van der Waals surface area contributed by atoms with Gasteiger partial charge in [-0.15, -0.1) is 5.46 Å². The molecule has 0 saturated heterocycles. The Bertz CT molecular complexity index is 444. The van der Waals surface area contributed by atoms with Crippen LogP contribution in [0, 0.1) is 5.82 Å². The van der Waals surface area contributed by atoms with Crippen molar-refractivity contribution in [2.75, 3.05) is 19.8 Å². The topological polar surface area (TPSA) is 18.5 Å². The van der Waals surface area contributed by atoms with Crippen LogP contribution in [-0.4, -0.2) is 33.0 Å². The zero-order valence-corrected chi connectivity index (χ0v) is 9.89. The van der Waals surface area contributed by atoms with Gasteiger partial charge >= 0.3 is 13.2 Å². The van der Waals surface area contributed by atoms with Crippen molar-refractivity contribution in [3.05, 3.63) is 24.0 Å². The first-order chi connectivity index (χ1) is 9.09. The second kappa shape index (κ2) is 6.34. The second-order valence-electron chi connectivity index (χ2n) is 3.78. The molecule has 0 bridgehead atoms. The maximum Gasteiger partial charge on any atom is 0.509 e. The van der Waals surface area contributed by atoms with Crippen molar-refractivity contribution in [1.29, 1.82) is 0 Å². The van der Waals surface area contributed by atoms with Crippen molar-refractivity contribution in [3.63, 3.8) is 0 Å². The summed E-state index contributed by atoms with van der Waals surface area (Å²) < 4.78 is 94.3. The second-order valence-corrected chi connectivity index (χ2v) is 3.78. The van der Waals surface area contributed by atoms with Crippen LogP contribution in [0.2, 0.25) is 0 Å². The monoisotopic (exact) mass is 305 g/mol. The Labute approximate surface area is 109 Å². The van der Waals surface area contributed by atoms with E-state index in [4.69, 9.17) is 0 Å². The Hall–Kier alpha value is -1.45. The Balaban J connectivity index is 2.52. The van der Waals surface area contributed by atoms with Gasteiger partial charge in [-0.1, -0.05) is 6.07 Å². The maximum atomic E-state index is 13.2. The van der Waals surface area contributed by atoms with Crippen LogP contribution in [0.3, 0.4) is 0 Å². The number of halogens is 7. The van der Waals surface area contributed by atoms with Crippen molar-refractivity contribution >= 4 is 12.4 Å². The summed E-state index contributed by atoms with van der Waals surface area (Å²) in [6.07, 6.45) is -4.51. The van der Waals surface area contributed by atoms with Crippen molar-refractivity contribution in [2.24, 2.45) is 0 Å². The van der Waals surface area contributed by atoms with E-state index in [1.807, 2.05) is 0 Å². The molecule has 0 fully saturated rings. The van der Waals surface area contributed by atoms with Crippen LogP contribution in [0.1, 0.15) is 0 Å². The van der Waals surface area contributed by atoms with E-state index in [9.17, 15) is 30.5 Å². The molecular formula is C10H9BF7O2-. The average molecular weight is 305 g/mol. The molecule has 1 aromatic carbocycles. The molecule has 1 rings (SSSR count). The van der Waals surface area contributed by atoms with Gasteiger partial charge in [0.25, 0.3) is 0 Å². The summed E-state index contributed by atoms with van der Waals surface area (Å²) in [7, 11) is 0. The van der Waals surface area contributed by atoms with E-state index in [0.717, 1.165) is 0 Å². The Kier molecular flexibility index (Phi) is 5.26. The first-order valence-corrected chi connectivity index (χ1v) is 5.36. The lowest BCUT2D eigenvalue weighted by atomic mass is 9.80. The Morgan fingerprint density at radius 3 is 2.25 bits per heavy atom. The normalized spacial score (nSPS) is 12.6. The highest BCUT2D eigenvalue weighted by Crippen LogP contribution is 2.19. The highest BCUT2D eigenvalue weighted by Gasteiger charge is 2.28. The van der Waals surface area contributed by atoms with Gasteiger partial charge < -0.3 is 22.4 Å². The maximum absolute atomic E-state index is 13.2. The van der Waals surface area contributed by atoms with E-state index in [1.165, 1.54) is 0 Å². The molecular weight excluding hydrogens is 296 g/mol. The number of rotatable bonds is 6. The van der Waals surface area contributed by atoms with E-state index in [1.54, 1.807) is 0 Å². The molecule has 2 nitrogen and oxygen atoms in total. The zero-order chi connectivity index (χ0) is 15.4. The molecule has 0 unspecified atom stereocenters. The fourth-order valence-electron chi connectivity index (χ4n) is 1.23. The van der Waals surface area contributed by atoms with E-state index in [2.05, 4.69) is 9.47 Å². The van der Waals surface area contributed by atoms with Gasteiger partial charge in [0, 0.05) is 0 Å². The summed E-state index contributed by atoms with van der Waals surface area (Å²) in [6.45, 7) is -7.85. The van der Waals surface area contributed by atoms with E-state index in [-0.39, 0.29) is 0 Å². The third-order valence-corrected chi connectivity index (χ3v) is 2.08. The average Bonchev–Trinajstić information content (AvgIpc) is 2.28. The summed E-state index contributed by atoms with van der Waals surface area (Å²) in [5.74, 6) is -1.72. The van der Waals surface area contributed by atoms with Crippen LogP contribution < -0.4 is 10.2 Å². The standard InChI is InChI=1S/C10H9BF7O2/c12-8-2-1-7(11(16,17)18)5-9(8)20-4-3-19-6-10(13,14)15/h1-2,5H,3-4,6H2/q-1. The van der Waals surface area contributed by atoms with Crippen molar-refractivity contribution in [2.45, 2.75) is 6.18 Å². The molecule has 0 aliphatic carbocycles. The smallest absolute Gasteiger partial charge is 0.488 e. The lowest BCUT2D eigenvalue weighted by Crippen LogP contribution is -2.34. The zero-order valence-electron chi connectivity index (χ0n) is 9.89. The van der Waals surface area contributed by atoms with Crippen LogP contribution >= 0.6 is 0 Å². The highest BCUT2D eigenvalue weighted by molar-refractivity contribution is 6.73. The molecule has 10 heteroatoms. The van der Waals surface area contributed by atoms with Gasteiger partial charge in [-0.05, 0) is 12.1 Å². The largest absolute Gasteiger partial charge is 0.509 e. The summed E-state index contributed by atoms with van der Waals surface area (Å²) in [4.78, 5) is 0. The van der Waals surface area contributed by atoms with Crippen molar-refractivity contribution in [3.8, 4) is 5.75 Å². The third kappa shape index (κ3) is 5.68. The molecule has 0 aromatic heterocycles. The SMILES string of the molecule is Fc1ccc([B-](F)(F)F)cc1OCCOCC(F)(F)F. The molecule has 0 spiro atoms. The van der Waals surface area contributed by atoms with Crippen LogP contribution in [0.15, 0.2) is 18.2 Å². The van der Waals surface area contributed by atoms with Gasteiger partial charge in [0.05, 0.1) is 6.61 Å². The summed E-state index contributed by atoms with van der Waals surface area (Å²) in [6, 6.07) is 1.60. The van der Waals surface area contributed by atoms with Gasteiger partial charge in [-0.2, -0.15) is 13.2 Å². The molecule has 0 heterocycles. The van der Waals surface area contributed by atoms with Crippen LogP contribution in [0.25, 0.3) is 0 Å². The fourth-order valence-corrected chi connectivity index (χ4v) is 1.23. The molecule has 0 amide bonds. The molecule has 0 radical (unpaired) electrons. The summed E-state index contributed by atoms with van der Waals surface area (Å²) in [5.41, 5.74) is -1.06. The van der Waals surface area contributed by atoms with Gasteiger partial charge in [0.15, 0.2) is 11.6 Å². The summed E-state index contributed by atoms with van der Waals surface area (Å²) >= 11 is 0. The van der Waals surface area contributed by atoms with Crippen molar-refractivity contribution in [1.82, 2.24) is 0 Å². The highest BCUT2D eigenvalue weighted by atomic mass is 19.4. The first-order valence-electron chi connectivity index (χ1n) is 5.36. The van der Waals surface area contributed by atoms with Gasteiger partial charge in [0.2, 0.25) is 0 Å². The number of alkyl halides is 3. The first kappa shape index (κ1) is 16.6. The van der Waals surface area contributed by atoms with Crippen LogP contribution in [0.5, 0.6) is 5.75 Å². The lowest BCUT2D eigenvalue weighted by Gasteiger charge is -2.16. The van der Waals surface area contributed by atoms with E-state index >= 15 is 0 Å². The predicted octanol–water partition coefficient (Wildman–Crippen LogP) is 2.84. The molecule has 0 aliphatic rings. The van der Waals surface area contributed by atoms with Gasteiger partial charge in [-0.3, -0.25) is 0 Å². The molecule has 114 valence electrons. The number of hydrogen-bond donors (Lipinski definition) is 0. The minimum Gasteiger partial charge on any atom is -0.488 e. The number of hydrogen-bond acceptors (Lipinski definition) is 2. The lowest BCUT2D eigenvalue weighted by molar-refractivity contribution is -0.175. The number of ether oxygens (including phenoxy) is 2. The molecule has 0 aliphatic heterocycles. The quantitative estimate of drug-likeness (QED) is 0.457. The van der Waals surface area contributed by atoms with Crippen LogP contribution in [-0.2, 0) is 4.74 Å². The predicted molar refractivity (Wildman–Crippen MR) is 57.5 cm³/mol. The molecule has 0 atom stereocenters. The summed E-state index contributed by atoms with van der Waals surface area (Å²) in [5, 5.41) is 0. The fraction of sp³-hybridized carbons (Fsp3) is 0.400. The Morgan fingerprint density at radius 1 is 1.05 bits per heavy atom. The van der Waals surface area contributed by atoms with Crippen molar-refractivity contribution < 1.29 is 40.0 Å². The van der Waals surface area contributed by atoms with E-state index < -0.39 is 50.0 Å². The Morgan fingerprint density at radius 2 is 1.70 bits per heavy atom. The minimum absolute atomic E-state index is 0.457. The number of benzene rings is 1.